The molecule has 0 unspecified atom stereocenters. The number of carbonyl (C=O) groups excluding carboxylic acids is 1. The Balaban J connectivity index is 1.37. The van der Waals surface area contributed by atoms with Gasteiger partial charge in [0.25, 0.3) is 5.91 Å². The topological polar surface area (TPSA) is 42.0 Å². The number of fused-ring (bicyclic) bond motifs is 1. The van der Waals surface area contributed by atoms with Gasteiger partial charge in [-0.05, 0) is 51.3 Å². The van der Waals surface area contributed by atoms with E-state index in [0.29, 0.717) is 11.3 Å². The van der Waals surface area contributed by atoms with Crippen LogP contribution >= 0.6 is 15.9 Å². The van der Waals surface area contributed by atoms with Gasteiger partial charge in [0.15, 0.2) is 0 Å². The molecule has 2 heterocycles. The summed E-state index contributed by atoms with van der Waals surface area (Å²) in [6, 6.07) is 12.0. The van der Waals surface area contributed by atoms with E-state index in [1.54, 1.807) is 13.2 Å². The molecule has 0 N–H and O–H groups in total. The number of rotatable bonds is 4. The van der Waals surface area contributed by atoms with Crippen LogP contribution in [0.4, 0.5) is 0 Å². The van der Waals surface area contributed by atoms with E-state index in [1.807, 2.05) is 17.0 Å². The zero-order valence-electron chi connectivity index (χ0n) is 15.4. The molecule has 0 aliphatic carbocycles. The van der Waals surface area contributed by atoms with Crippen molar-refractivity contribution in [3.63, 3.8) is 0 Å². The van der Waals surface area contributed by atoms with Crippen LogP contribution in [0.15, 0.2) is 40.9 Å². The lowest BCUT2D eigenvalue weighted by atomic mass is 10.1. The molecular formula is C21H23BrN2O3. The molecule has 0 saturated carbocycles. The third kappa shape index (κ3) is 3.96. The Labute approximate surface area is 168 Å². The molecule has 1 amide bonds. The van der Waals surface area contributed by atoms with E-state index in [2.05, 4.69) is 39.0 Å². The average Bonchev–Trinajstić information content (AvgIpc) is 3.16. The number of piperazine rings is 1. The number of halogens is 1. The number of nitrogens with zero attached hydrogens (tertiary/aromatic N) is 2. The van der Waals surface area contributed by atoms with Gasteiger partial charge in [0.2, 0.25) is 0 Å². The van der Waals surface area contributed by atoms with Crippen LogP contribution in [-0.4, -0.2) is 55.6 Å². The van der Waals surface area contributed by atoms with Crippen LogP contribution < -0.4 is 9.47 Å². The molecule has 2 aliphatic heterocycles. The van der Waals surface area contributed by atoms with Crippen molar-refractivity contribution in [2.75, 3.05) is 39.9 Å². The molecule has 27 heavy (non-hydrogen) atoms. The molecule has 0 spiro atoms. The molecule has 5 nitrogen and oxygen atoms in total. The summed E-state index contributed by atoms with van der Waals surface area (Å²) in [4.78, 5) is 17.2. The highest BCUT2D eigenvalue weighted by Crippen LogP contribution is 2.27. The smallest absolute Gasteiger partial charge is 0.255 e. The van der Waals surface area contributed by atoms with Gasteiger partial charge in [-0.3, -0.25) is 9.69 Å². The summed E-state index contributed by atoms with van der Waals surface area (Å²) in [6.45, 7) is 4.92. The number of carbonyl (C=O) groups is 1. The maximum atomic E-state index is 12.9. The first-order chi connectivity index (χ1) is 13.1. The molecule has 0 radical (unpaired) electrons. The van der Waals surface area contributed by atoms with E-state index in [4.69, 9.17) is 9.47 Å². The van der Waals surface area contributed by atoms with Crippen LogP contribution in [0.2, 0.25) is 0 Å². The lowest BCUT2D eigenvalue weighted by Crippen LogP contribution is -2.48. The minimum Gasteiger partial charge on any atom is -0.497 e. The van der Waals surface area contributed by atoms with E-state index < -0.39 is 0 Å². The molecule has 0 bridgehead atoms. The van der Waals surface area contributed by atoms with Crippen molar-refractivity contribution in [2.24, 2.45) is 0 Å². The Morgan fingerprint density at radius 2 is 1.96 bits per heavy atom. The van der Waals surface area contributed by atoms with Gasteiger partial charge in [0.05, 0.1) is 19.3 Å². The quantitative estimate of drug-likeness (QED) is 0.745. The summed E-state index contributed by atoms with van der Waals surface area (Å²) >= 11 is 3.48. The molecule has 1 saturated heterocycles. The number of amides is 1. The van der Waals surface area contributed by atoms with Gasteiger partial charge in [-0.15, -0.1) is 0 Å². The van der Waals surface area contributed by atoms with Crippen LogP contribution in [0, 0.1) is 0 Å². The molecular weight excluding hydrogens is 408 g/mol. The molecule has 0 aromatic heterocycles. The van der Waals surface area contributed by atoms with Gasteiger partial charge in [-0.1, -0.05) is 12.1 Å². The molecule has 142 valence electrons. The second-order valence-corrected chi connectivity index (χ2v) is 7.81. The Kier molecular flexibility index (Phi) is 5.36. The van der Waals surface area contributed by atoms with Gasteiger partial charge in [0.1, 0.15) is 11.5 Å². The van der Waals surface area contributed by atoms with E-state index in [0.717, 1.165) is 56.0 Å². The lowest BCUT2D eigenvalue weighted by Gasteiger charge is -2.35. The second-order valence-electron chi connectivity index (χ2n) is 6.95. The van der Waals surface area contributed by atoms with Gasteiger partial charge >= 0.3 is 0 Å². The normalized spacial score (nSPS) is 16.7. The van der Waals surface area contributed by atoms with Crippen LogP contribution in [0.3, 0.4) is 0 Å². The van der Waals surface area contributed by atoms with E-state index in [-0.39, 0.29) is 5.91 Å². The Bertz CT molecular complexity index is 847. The summed E-state index contributed by atoms with van der Waals surface area (Å²) in [5.74, 6) is 1.77. The highest BCUT2D eigenvalue weighted by molar-refractivity contribution is 9.10. The third-order valence-corrected chi connectivity index (χ3v) is 5.91. The summed E-state index contributed by atoms with van der Waals surface area (Å²) < 4.78 is 11.6. The van der Waals surface area contributed by atoms with Crippen molar-refractivity contribution in [1.29, 1.82) is 0 Å². The number of ether oxygens (including phenoxy) is 2. The van der Waals surface area contributed by atoms with Crippen LogP contribution in [-0.2, 0) is 13.0 Å². The molecule has 1 fully saturated rings. The Hall–Kier alpha value is -2.05. The number of benzene rings is 2. The van der Waals surface area contributed by atoms with E-state index >= 15 is 0 Å². The molecule has 4 rings (SSSR count). The Morgan fingerprint density at radius 3 is 2.74 bits per heavy atom. The number of hydrogen-bond donors (Lipinski definition) is 0. The third-order valence-electron chi connectivity index (χ3n) is 5.22. The fourth-order valence-electron chi connectivity index (χ4n) is 3.67. The molecule has 2 aromatic carbocycles. The SMILES string of the molecule is COc1ccc(Br)c(C(=O)N2CCN(Cc3ccc4c(c3)CCO4)CC2)c1. The molecule has 2 aliphatic rings. The average molecular weight is 431 g/mol. The predicted octanol–water partition coefficient (Wildman–Crippen LogP) is 3.35. The van der Waals surface area contributed by atoms with Crippen LogP contribution in [0.5, 0.6) is 11.5 Å². The van der Waals surface area contributed by atoms with E-state index in [9.17, 15) is 4.79 Å². The van der Waals surface area contributed by atoms with Gasteiger partial charge in [-0.25, -0.2) is 0 Å². The highest BCUT2D eigenvalue weighted by Gasteiger charge is 2.24. The van der Waals surface area contributed by atoms with Crippen molar-refractivity contribution in [3.05, 3.63) is 57.6 Å². The predicted molar refractivity (Wildman–Crippen MR) is 108 cm³/mol. The fourth-order valence-corrected chi connectivity index (χ4v) is 4.09. The van der Waals surface area contributed by atoms with Crippen molar-refractivity contribution in [2.45, 2.75) is 13.0 Å². The fraction of sp³-hybridized carbons (Fsp3) is 0.381. The van der Waals surface area contributed by atoms with Gasteiger partial charge in [0, 0.05) is 43.6 Å². The first-order valence-corrected chi connectivity index (χ1v) is 10.0. The molecule has 2 aromatic rings. The maximum Gasteiger partial charge on any atom is 0.255 e. The highest BCUT2D eigenvalue weighted by atomic mass is 79.9. The maximum absolute atomic E-state index is 12.9. The van der Waals surface area contributed by atoms with Gasteiger partial charge in [-0.2, -0.15) is 0 Å². The summed E-state index contributed by atoms with van der Waals surface area (Å²) in [5.41, 5.74) is 3.28. The lowest BCUT2D eigenvalue weighted by molar-refractivity contribution is 0.0627. The summed E-state index contributed by atoms with van der Waals surface area (Å²) in [5, 5.41) is 0. The van der Waals surface area contributed by atoms with Crippen LogP contribution in [0.1, 0.15) is 21.5 Å². The number of hydrogen-bond acceptors (Lipinski definition) is 4. The summed E-state index contributed by atoms with van der Waals surface area (Å²) in [7, 11) is 1.61. The standard InChI is InChI=1S/C21H23BrN2O3/c1-26-17-3-4-19(22)18(13-17)21(25)24-9-7-23(8-10-24)14-15-2-5-20-16(12-15)6-11-27-20/h2-5,12-13H,6-11,14H2,1H3. The minimum absolute atomic E-state index is 0.0510. The molecule has 6 heteroatoms. The van der Waals surface area contributed by atoms with Crippen molar-refractivity contribution in [3.8, 4) is 11.5 Å². The van der Waals surface area contributed by atoms with Crippen molar-refractivity contribution < 1.29 is 14.3 Å². The van der Waals surface area contributed by atoms with Gasteiger partial charge < -0.3 is 14.4 Å². The first kappa shape index (κ1) is 18.3. The van der Waals surface area contributed by atoms with Crippen LogP contribution in [0.25, 0.3) is 0 Å². The Morgan fingerprint density at radius 1 is 1.15 bits per heavy atom. The first-order valence-electron chi connectivity index (χ1n) is 9.24. The van der Waals surface area contributed by atoms with Crippen molar-refractivity contribution >= 4 is 21.8 Å². The largest absolute Gasteiger partial charge is 0.497 e. The van der Waals surface area contributed by atoms with E-state index in [1.165, 1.54) is 11.1 Å². The monoisotopic (exact) mass is 430 g/mol. The zero-order chi connectivity index (χ0) is 18.8. The zero-order valence-corrected chi connectivity index (χ0v) is 17.0. The second kappa shape index (κ2) is 7.90. The number of methoxy groups -OCH3 is 1. The minimum atomic E-state index is 0.0510. The molecule has 0 atom stereocenters. The summed E-state index contributed by atoms with van der Waals surface area (Å²) in [6.07, 6.45) is 1.00. The van der Waals surface area contributed by atoms with Crippen molar-refractivity contribution in [1.82, 2.24) is 9.80 Å².